The smallest absolute Gasteiger partial charge is 0.263 e. The van der Waals surface area contributed by atoms with E-state index in [0.29, 0.717) is 20.7 Å². The van der Waals surface area contributed by atoms with Crippen LogP contribution in [-0.2, 0) is 4.79 Å². The van der Waals surface area contributed by atoms with Gasteiger partial charge in [0.05, 0.1) is 4.91 Å². The molecule has 3 rings (SSSR count). The maximum absolute atomic E-state index is 11.6. The largest absolute Gasteiger partial charge is 0.454 e. The van der Waals surface area contributed by atoms with Gasteiger partial charge in [-0.15, -0.1) is 0 Å². The number of rotatable bonds is 1. The molecule has 92 valence electrons. The Balaban J connectivity index is 2.00. The van der Waals surface area contributed by atoms with Gasteiger partial charge >= 0.3 is 0 Å². The lowest BCUT2D eigenvalue weighted by molar-refractivity contribution is -0.115. The maximum Gasteiger partial charge on any atom is 0.263 e. The van der Waals surface area contributed by atoms with E-state index >= 15 is 0 Å². The van der Waals surface area contributed by atoms with Crippen LogP contribution in [0.1, 0.15) is 5.56 Å². The molecule has 1 saturated heterocycles. The third-order valence-electron chi connectivity index (χ3n) is 2.42. The van der Waals surface area contributed by atoms with Crippen LogP contribution < -0.4 is 14.8 Å². The summed E-state index contributed by atoms with van der Waals surface area (Å²) in [5, 5.41) is 2.57. The maximum atomic E-state index is 11.6. The zero-order valence-corrected chi connectivity index (χ0v) is 12.1. The number of carbonyl (C=O) groups is 1. The summed E-state index contributed by atoms with van der Waals surface area (Å²) in [6.45, 7) is 0.223. The van der Waals surface area contributed by atoms with E-state index in [0.717, 1.165) is 10.0 Å². The van der Waals surface area contributed by atoms with Gasteiger partial charge in [-0.2, -0.15) is 0 Å². The first kappa shape index (κ1) is 12.0. The Hall–Kier alpha value is -1.05. The number of thioether (sulfide) groups is 1. The summed E-state index contributed by atoms with van der Waals surface area (Å²) in [6, 6.07) is 3.65. The number of amides is 1. The number of hydrogen-bond acceptors (Lipinski definition) is 5. The highest BCUT2D eigenvalue weighted by atomic mass is 79.9. The molecule has 2 aliphatic rings. The Morgan fingerprint density at radius 3 is 2.78 bits per heavy atom. The molecule has 1 amide bonds. The van der Waals surface area contributed by atoms with Crippen LogP contribution in [0.25, 0.3) is 6.08 Å². The van der Waals surface area contributed by atoms with Crippen molar-refractivity contribution in [2.24, 2.45) is 0 Å². The van der Waals surface area contributed by atoms with Crippen molar-refractivity contribution in [3.63, 3.8) is 0 Å². The van der Waals surface area contributed by atoms with Gasteiger partial charge in [-0.25, -0.2) is 0 Å². The van der Waals surface area contributed by atoms with Gasteiger partial charge in [-0.05, 0) is 23.8 Å². The third-order valence-corrected chi connectivity index (χ3v) is 4.27. The van der Waals surface area contributed by atoms with E-state index in [1.54, 1.807) is 6.08 Å². The highest BCUT2D eigenvalue weighted by Gasteiger charge is 2.23. The molecule has 4 nitrogen and oxygen atoms in total. The molecule has 0 unspecified atom stereocenters. The van der Waals surface area contributed by atoms with Crippen molar-refractivity contribution < 1.29 is 14.3 Å². The number of carbonyl (C=O) groups excluding carboxylic acids is 1. The van der Waals surface area contributed by atoms with E-state index in [9.17, 15) is 4.79 Å². The van der Waals surface area contributed by atoms with Crippen LogP contribution in [0, 0.1) is 0 Å². The molecule has 7 heteroatoms. The Labute approximate surface area is 121 Å². The van der Waals surface area contributed by atoms with Gasteiger partial charge in [0, 0.05) is 4.47 Å². The fourth-order valence-corrected chi connectivity index (χ4v) is 3.08. The fourth-order valence-electron chi connectivity index (χ4n) is 1.61. The quantitative estimate of drug-likeness (QED) is 0.627. The van der Waals surface area contributed by atoms with E-state index < -0.39 is 0 Å². The van der Waals surface area contributed by atoms with Gasteiger partial charge in [0.15, 0.2) is 11.5 Å². The summed E-state index contributed by atoms with van der Waals surface area (Å²) in [4.78, 5) is 12.1. The lowest BCUT2D eigenvalue weighted by Gasteiger charge is -2.02. The molecule has 0 aromatic heterocycles. The monoisotopic (exact) mass is 343 g/mol. The molecule has 0 atom stereocenters. The predicted molar refractivity (Wildman–Crippen MR) is 76.6 cm³/mol. The summed E-state index contributed by atoms with van der Waals surface area (Å²) in [6.07, 6.45) is 1.77. The van der Waals surface area contributed by atoms with Crippen molar-refractivity contribution in [2.75, 3.05) is 6.79 Å². The first-order valence-corrected chi connectivity index (χ1v) is 6.99. The minimum absolute atomic E-state index is 0.172. The van der Waals surface area contributed by atoms with Gasteiger partial charge in [-0.3, -0.25) is 4.79 Å². The zero-order chi connectivity index (χ0) is 12.7. The van der Waals surface area contributed by atoms with Crippen LogP contribution in [0.4, 0.5) is 0 Å². The number of fused-ring (bicyclic) bond motifs is 1. The Morgan fingerprint density at radius 1 is 1.39 bits per heavy atom. The second-order valence-electron chi connectivity index (χ2n) is 3.58. The summed E-state index contributed by atoms with van der Waals surface area (Å²) < 4.78 is 11.9. The van der Waals surface area contributed by atoms with Crippen molar-refractivity contribution in [1.29, 1.82) is 0 Å². The van der Waals surface area contributed by atoms with Crippen LogP contribution in [-0.4, -0.2) is 17.0 Å². The number of hydrogen-bond donors (Lipinski definition) is 1. The van der Waals surface area contributed by atoms with Crippen molar-refractivity contribution in [2.45, 2.75) is 0 Å². The van der Waals surface area contributed by atoms with Crippen LogP contribution >= 0.6 is 39.9 Å². The van der Waals surface area contributed by atoms with E-state index in [2.05, 4.69) is 21.2 Å². The van der Waals surface area contributed by atoms with Crippen LogP contribution in [0.3, 0.4) is 0 Å². The van der Waals surface area contributed by atoms with Gasteiger partial charge < -0.3 is 14.8 Å². The molecule has 0 spiro atoms. The number of halogens is 1. The van der Waals surface area contributed by atoms with Gasteiger partial charge in [0.1, 0.15) is 4.32 Å². The average Bonchev–Trinajstić information content (AvgIpc) is 2.86. The molecule has 1 aromatic rings. The van der Waals surface area contributed by atoms with Crippen molar-refractivity contribution in [1.82, 2.24) is 5.32 Å². The zero-order valence-electron chi connectivity index (χ0n) is 8.86. The third kappa shape index (κ3) is 2.13. The van der Waals surface area contributed by atoms with E-state index in [-0.39, 0.29) is 12.7 Å². The molecule has 0 saturated carbocycles. The van der Waals surface area contributed by atoms with E-state index in [1.165, 1.54) is 11.8 Å². The molecule has 2 aliphatic heterocycles. The first-order valence-electron chi connectivity index (χ1n) is 4.97. The molecule has 0 radical (unpaired) electrons. The van der Waals surface area contributed by atoms with E-state index in [4.69, 9.17) is 21.7 Å². The second-order valence-corrected chi connectivity index (χ2v) is 6.15. The van der Waals surface area contributed by atoms with Gasteiger partial charge in [0.25, 0.3) is 5.91 Å². The summed E-state index contributed by atoms with van der Waals surface area (Å²) in [5.41, 5.74) is 0.849. The van der Waals surface area contributed by atoms with Gasteiger partial charge in [0.2, 0.25) is 6.79 Å². The molecular formula is C11H6BrNO3S2. The molecule has 0 bridgehead atoms. The molecule has 18 heavy (non-hydrogen) atoms. The van der Waals surface area contributed by atoms with Crippen molar-refractivity contribution >= 4 is 56.2 Å². The van der Waals surface area contributed by atoms with Crippen molar-refractivity contribution in [3.05, 3.63) is 27.1 Å². The molecule has 1 aromatic carbocycles. The SMILES string of the molecule is O=C1NC(=S)S/C1=C/c1cc2c(cc1Br)OCO2. The second kappa shape index (κ2) is 4.56. The first-order chi connectivity index (χ1) is 8.63. The summed E-state index contributed by atoms with van der Waals surface area (Å²) in [7, 11) is 0. The number of ether oxygens (including phenoxy) is 2. The minimum atomic E-state index is -0.172. The Bertz CT molecular complexity index is 600. The molecular weight excluding hydrogens is 338 g/mol. The Kier molecular flexibility index (Phi) is 3.04. The van der Waals surface area contributed by atoms with Crippen molar-refractivity contribution in [3.8, 4) is 11.5 Å². The van der Waals surface area contributed by atoms with E-state index in [1.807, 2.05) is 12.1 Å². The van der Waals surface area contributed by atoms with Crippen LogP contribution in [0.2, 0.25) is 0 Å². The highest BCUT2D eigenvalue weighted by Crippen LogP contribution is 2.38. The summed E-state index contributed by atoms with van der Waals surface area (Å²) >= 11 is 9.62. The van der Waals surface area contributed by atoms with Crippen LogP contribution in [0.15, 0.2) is 21.5 Å². The minimum Gasteiger partial charge on any atom is -0.454 e. The van der Waals surface area contributed by atoms with Gasteiger partial charge in [-0.1, -0.05) is 39.9 Å². The molecule has 1 fully saturated rings. The Morgan fingerprint density at radius 2 is 2.11 bits per heavy atom. The predicted octanol–water partition coefficient (Wildman–Crippen LogP) is 2.67. The van der Waals surface area contributed by atoms with Crippen LogP contribution in [0.5, 0.6) is 11.5 Å². The molecule has 0 aliphatic carbocycles. The number of thiocarbonyl (C=S) groups is 1. The normalized spacial score (nSPS) is 19.5. The lowest BCUT2D eigenvalue weighted by Crippen LogP contribution is -2.17. The number of nitrogens with one attached hydrogen (secondary N) is 1. The lowest BCUT2D eigenvalue weighted by atomic mass is 10.2. The summed E-state index contributed by atoms with van der Waals surface area (Å²) in [5.74, 6) is 1.20. The topological polar surface area (TPSA) is 47.6 Å². The highest BCUT2D eigenvalue weighted by molar-refractivity contribution is 9.10. The fraction of sp³-hybridized carbons (Fsp3) is 0.0909. The number of benzene rings is 1. The molecule has 1 N–H and O–H groups in total. The standard InChI is InChI=1S/C11H6BrNO3S2/c12-6-3-8-7(15-4-16-8)1-5(6)2-9-10(14)13-11(17)18-9/h1-3H,4H2,(H,13,14,17)/b9-2+. The molecule has 2 heterocycles. The average molecular weight is 344 g/mol.